The molecular weight excluding hydrogens is 473 g/mol. The topological polar surface area (TPSA) is 0 Å². The molecule has 0 bridgehead atoms. The summed E-state index contributed by atoms with van der Waals surface area (Å²) in [5, 5.41) is 7.96. The molecule has 0 fully saturated rings. The molecular formula is C34H54S2. The Hall–Kier alpha value is -0.860. The minimum Gasteiger partial charge on any atom is -0.143 e. The lowest BCUT2D eigenvalue weighted by atomic mass is 9.85. The quantitative estimate of drug-likeness (QED) is 0.128. The molecule has 0 aliphatic rings. The Labute approximate surface area is 231 Å². The highest BCUT2D eigenvalue weighted by Gasteiger charge is 2.21. The van der Waals surface area contributed by atoms with E-state index in [1.165, 1.54) is 116 Å². The second-order valence-corrected chi connectivity index (χ2v) is 13.2. The summed E-state index contributed by atoms with van der Waals surface area (Å²) in [7, 11) is 0. The van der Waals surface area contributed by atoms with Gasteiger partial charge in [0.2, 0.25) is 0 Å². The zero-order valence-electron chi connectivity index (χ0n) is 24.0. The lowest BCUT2D eigenvalue weighted by molar-refractivity contribution is 0.411. The Bertz CT molecular complexity index is 851. The fourth-order valence-electron chi connectivity index (χ4n) is 6.19. The van der Waals surface area contributed by atoms with Crippen LogP contribution in [0.1, 0.15) is 142 Å². The minimum absolute atomic E-state index is 0.844. The summed E-state index contributed by atoms with van der Waals surface area (Å²) in [6.07, 6.45) is 24.7. The lowest BCUT2D eigenvalue weighted by Gasteiger charge is -2.21. The Kier molecular flexibility index (Phi) is 13.9. The molecule has 0 N–H and O–H groups in total. The van der Waals surface area contributed by atoms with Crippen LogP contribution < -0.4 is 0 Å². The molecule has 0 nitrogen and oxygen atoms in total. The molecule has 3 rings (SSSR count). The van der Waals surface area contributed by atoms with Crippen molar-refractivity contribution in [3.63, 3.8) is 0 Å². The molecule has 0 aliphatic heterocycles. The van der Waals surface area contributed by atoms with Gasteiger partial charge in [0.25, 0.3) is 0 Å². The zero-order chi connectivity index (χ0) is 25.6. The van der Waals surface area contributed by atoms with Gasteiger partial charge in [-0.15, -0.1) is 22.7 Å². The SMILES string of the molecule is CCCCCCC(CCCC)Cc1c2ccsc2c(CC(CCCC)CCCCCC)c2ccsc12. The van der Waals surface area contributed by atoms with E-state index in [-0.39, 0.29) is 0 Å². The molecule has 0 amide bonds. The van der Waals surface area contributed by atoms with Gasteiger partial charge in [-0.3, -0.25) is 0 Å². The van der Waals surface area contributed by atoms with Gasteiger partial charge in [-0.05, 0) is 69.5 Å². The summed E-state index contributed by atoms with van der Waals surface area (Å²) in [4.78, 5) is 0. The van der Waals surface area contributed by atoms with Crippen LogP contribution in [0.4, 0.5) is 0 Å². The molecule has 36 heavy (non-hydrogen) atoms. The van der Waals surface area contributed by atoms with Crippen LogP contribution in [0, 0.1) is 11.8 Å². The maximum absolute atomic E-state index is 2.47. The van der Waals surface area contributed by atoms with Gasteiger partial charge in [-0.25, -0.2) is 0 Å². The lowest BCUT2D eigenvalue weighted by Crippen LogP contribution is -2.08. The van der Waals surface area contributed by atoms with Gasteiger partial charge in [0, 0.05) is 9.40 Å². The molecule has 1 aromatic carbocycles. The first-order valence-electron chi connectivity index (χ1n) is 15.6. The Morgan fingerprint density at radius 1 is 0.500 bits per heavy atom. The molecule has 0 saturated heterocycles. The Balaban J connectivity index is 1.87. The van der Waals surface area contributed by atoms with E-state index in [1.807, 2.05) is 22.7 Å². The molecule has 0 radical (unpaired) electrons. The van der Waals surface area contributed by atoms with Gasteiger partial charge in [0.05, 0.1) is 0 Å². The van der Waals surface area contributed by atoms with Crippen molar-refractivity contribution in [2.45, 2.75) is 143 Å². The summed E-state index contributed by atoms with van der Waals surface area (Å²) in [6.45, 7) is 9.37. The zero-order valence-corrected chi connectivity index (χ0v) is 25.6. The fraction of sp³-hybridized carbons (Fsp3) is 0.706. The fourth-order valence-corrected chi connectivity index (χ4v) is 8.18. The summed E-state index contributed by atoms with van der Waals surface area (Å²) in [5.74, 6) is 1.69. The molecule has 2 atom stereocenters. The van der Waals surface area contributed by atoms with E-state index in [0.29, 0.717) is 0 Å². The van der Waals surface area contributed by atoms with Gasteiger partial charge in [0.15, 0.2) is 0 Å². The van der Waals surface area contributed by atoms with Gasteiger partial charge in [-0.2, -0.15) is 0 Å². The first-order valence-corrected chi connectivity index (χ1v) is 17.4. The Morgan fingerprint density at radius 3 is 1.28 bits per heavy atom. The molecule has 2 heterocycles. The molecule has 202 valence electrons. The number of hydrogen-bond acceptors (Lipinski definition) is 2. The van der Waals surface area contributed by atoms with Crippen molar-refractivity contribution >= 4 is 42.8 Å². The number of unbranched alkanes of at least 4 members (excludes halogenated alkanes) is 8. The normalized spacial score (nSPS) is 13.7. The minimum atomic E-state index is 0.844. The van der Waals surface area contributed by atoms with E-state index in [2.05, 4.69) is 50.6 Å². The number of rotatable bonds is 20. The molecule has 2 aromatic heterocycles. The van der Waals surface area contributed by atoms with Crippen molar-refractivity contribution in [3.05, 3.63) is 34.0 Å². The molecule has 2 heteroatoms. The Morgan fingerprint density at radius 2 is 0.889 bits per heavy atom. The highest BCUT2D eigenvalue weighted by atomic mass is 32.1. The van der Waals surface area contributed by atoms with E-state index in [4.69, 9.17) is 0 Å². The van der Waals surface area contributed by atoms with E-state index in [1.54, 1.807) is 31.3 Å². The summed E-state index contributed by atoms with van der Waals surface area (Å²) in [6, 6.07) is 4.93. The predicted octanol–water partition coefficient (Wildman–Crippen LogP) is 12.8. The van der Waals surface area contributed by atoms with Crippen LogP contribution in [0.2, 0.25) is 0 Å². The van der Waals surface area contributed by atoms with Crippen molar-refractivity contribution in [2.75, 3.05) is 0 Å². The van der Waals surface area contributed by atoms with Crippen LogP contribution in [0.5, 0.6) is 0 Å². The van der Waals surface area contributed by atoms with Gasteiger partial charge < -0.3 is 0 Å². The second kappa shape index (κ2) is 16.9. The number of thiophene rings is 2. The third-order valence-corrected chi connectivity index (χ3v) is 10.3. The summed E-state index contributed by atoms with van der Waals surface area (Å²) >= 11 is 4.04. The van der Waals surface area contributed by atoms with Crippen molar-refractivity contribution < 1.29 is 0 Å². The maximum Gasteiger partial charge on any atom is 0.0384 e. The monoisotopic (exact) mass is 526 g/mol. The molecule has 2 unspecified atom stereocenters. The predicted molar refractivity (Wildman–Crippen MR) is 168 cm³/mol. The second-order valence-electron chi connectivity index (χ2n) is 11.4. The smallest absolute Gasteiger partial charge is 0.0384 e. The van der Waals surface area contributed by atoms with Crippen LogP contribution in [0.25, 0.3) is 20.2 Å². The highest BCUT2D eigenvalue weighted by molar-refractivity contribution is 7.19. The molecule has 3 aromatic rings. The third-order valence-electron chi connectivity index (χ3n) is 8.38. The van der Waals surface area contributed by atoms with Crippen molar-refractivity contribution in [1.29, 1.82) is 0 Å². The molecule has 0 saturated carbocycles. The van der Waals surface area contributed by atoms with Gasteiger partial charge in [-0.1, -0.05) is 130 Å². The summed E-state index contributed by atoms with van der Waals surface area (Å²) < 4.78 is 3.23. The van der Waals surface area contributed by atoms with Crippen molar-refractivity contribution in [2.24, 2.45) is 11.8 Å². The van der Waals surface area contributed by atoms with E-state index < -0.39 is 0 Å². The third kappa shape index (κ3) is 8.59. The summed E-state index contributed by atoms with van der Waals surface area (Å²) in [5.41, 5.74) is 3.37. The van der Waals surface area contributed by atoms with E-state index in [9.17, 15) is 0 Å². The van der Waals surface area contributed by atoms with E-state index >= 15 is 0 Å². The van der Waals surface area contributed by atoms with Crippen LogP contribution in [0.15, 0.2) is 22.9 Å². The van der Waals surface area contributed by atoms with E-state index in [0.717, 1.165) is 11.8 Å². The number of benzene rings is 1. The van der Waals surface area contributed by atoms with Crippen LogP contribution >= 0.6 is 22.7 Å². The van der Waals surface area contributed by atoms with Crippen molar-refractivity contribution in [3.8, 4) is 0 Å². The molecule has 0 spiro atoms. The largest absolute Gasteiger partial charge is 0.143 e. The number of hydrogen-bond donors (Lipinski definition) is 0. The standard InChI is InChI=1S/C34H54S2/c1-5-9-13-15-19-27(17-11-7-3)25-31-29-21-23-36-34(29)32(30-22-24-35-33(30)31)26-28(18-12-8-4)20-16-14-10-6-2/h21-24,27-28H,5-20,25-26H2,1-4H3. The van der Waals surface area contributed by atoms with Crippen LogP contribution in [0.3, 0.4) is 0 Å². The average Bonchev–Trinajstić information content (AvgIpc) is 3.57. The highest BCUT2D eigenvalue weighted by Crippen LogP contribution is 2.42. The first kappa shape index (κ1) is 29.7. The van der Waals surface area contributed by atoms with Crippen LogP contribution in [-0.2, 0) is 12.8 Å². The van der Waals surface area contributed by atoms with Gasteiger partial charge >= 0.3 is 0 Å². The average molecular weight is 527 g/mol. The number of fused-ring (bicyclic) bond motifs is 2. The van der Waals surface area contributed by atoms with Crippen LogP contribution in [-0.4, -0.2) is 0 Å². The first-order chi connectivity index (χ1) is 17.7. The van der Waals surface area contributed by atoms with Gasteiger partial charge in [0.1, 0.15) is 0 Å². The van der Waals surface area contributed by atoms with Crippen molar-refractivity contribution in [1.82, 2.24) is 0 Å². The molecule has 0 aliphatic carbocycles. The maximum atomic E-state index is 2.47.